The van der Waals surface area contributed by atoms with Crippen LogP contribution in [-0.2, 0) is 0 Å². The van der Waals surface area contributed by atoms with Crippen molar-refractivity contribution in [2.24, 2.45) is 0 Å². The SMILES string of the molecule is CCNC(c1ccccc1OC)c1c(F)cccc1F. The molecule has 106 valence electrons. The molecule has 2 aromatic carbocycles. The molecule has 0 bridgehead atoms. The molecule has 2 nitrogen and oxygen atoms in total. The summed E-state index contributed by atoms with van der Waals surface area (Å²) in [5, 5.41) is 3.11. The summed E-state index contributed by atoms with van der Waals surface area (Å²) in [6, 6.07) is 10.5. The molecular weight excluding hydrogens is 260 g/mol. The van der Waals surface area contributed by atoms with Gasteiger partial charge in [-0.25, -0.2) is 8.78 Å². The quantitative estimate of drug-likeness (QED) is 0.900. The zero-order valence-electron chi connectivity index (χ0n) is 11.5. The lowest BCUT2D eigenvalue weighted by molar-refractivity contribution is 0.401. The number of benzene rings is 2. The zero-order valence-corrected chi connectivity index (χ0v) is 11.5. The maximum Gasteiger partial charge on any atom is 0.131 e. The average Bonchev–Trinajstić information content (AvgIpc) is 2.46. The highest BCUT2D eigenvalue weighted by atomic mass is 19.1. The lowest BCUT2D eigenvalue weighted by atomic mass is 9.96. The third-order valence-electron chi connectivity index (χ3n) is 3.15. The van der Waals surface area contributed by atoms with Crippen molar-refractivity contribution in [2.75, 3.05) is 13.7 Å². The van der Waals surface area contributed by atoms with Crippen LogP contribution in [0.1, 0.15) is 24.1 Å². The third-order valence-corrected chi connectivity index (χ3v) is 3.15. The van der Waals surface area contributed by atoms with Gasteiger partial charge in [-0.05, 0) is 24.7 Å². The van der Waals surface area contributed by atoms with Crippen molar-refractivity contribution in [3.8, 4) is 5.75 Å². The Hall–Kier alpha value is -1.94. The predicted octanol–water partition coefficient (Wildman–Crippen LogP) is 3.67. The molecule has 1 atom stereocenters. The molecule has 1 unspecified atom stereocenters. The van der Waals surface area contributed by atoms with Crippen LogP contribution in [0.4, 0.5) is 8.78 Å². The minimum absolute atomic E-state index is 0.0128. The van der Waals surface area contributed by atoms with Crippen molar-refractivity contribution in [3.63, 3.8) is 0 Å². The number of hydrogen-bond donors (Lipinski definition) is 1. The Bertz CT molecular complexity index is 566. The van der Waals surface area contributed by atoms with Crippen molar-refractivity contribution in [1.82, 2.24) is 5.32 Å². The van der Waals surface area contributed by atoms with Crippen LogP contribution in [0.25, 0.3) is 0 Å². The van der Waals surface area contributed by atoms with Gasteiger partial charge in [-0.3, -0.25) is 0 Å². The number of rotatable bonds is 5. The fourth-order valence-electron chi connectivity index (χ4n) is 2.26. The van der Waals surface area contributed by atoms with E-state index in [1.165, 1.54) is 18.2 Å². The van der Waals surface area contributed by atoms with Crippen molar-refractivity contribution >= 4 is 0 Å². The molecule has 2 aromatic rings. The Morgan fingerprint density at radius 1 is 1.05 bits per heavy atom. The average molecular weight is 277 g/mol. The Morgan fingerprint density at radius 3 is 2.30 bits per heavy atom. The van der Waals surface area contributed by atoms with Gasteiger partial charge in [0.1, 0.15) is 17.4 Å². The smallest absolute Gasteiger partial charge is 0.131 e. The first-order valence-corrected chi connectivity index (χ1v) is 6.49. The van der Waals surface area contributed by atoms with E-state index in [0.29, 0.717) is 17.9 Å². The fourth-order valence-corrected chi connectivity index (χ4v) is 2.26. The van der Waals surface area contributed by atoms with Gasteiger partial charge in [0.05, 0.1) is 13.2 Å². The number of methoxy groups -OCH3 is 1. The highest BCUT2D eigenvalue weighted by Gasteiger charge is 2.23. The van der Waals surface area contributed by atoms with Crippen LogP contribution in [0.5, 0.6) is 5.75 Å². The van der Waals surface area contributed by atoms with Gasteiger partial charge in [0.15, 0.2) is 0 Å². The van der Waals surface area contributed by atoms with Crippen LogP contribution in [0.3, 0.4) is 0 Å². The third kappa shape index (κ3) is 2.80. The van der Waals surface area contributed by atoms with E-state index in [9.17, 15) is 8.78 Å². The Kier molecular flexibility index (Phi) is 4.69. The van der Waals surface area contributed by atoms with Crippen molar-refractivity contribution in [2.45, 2.75) is 13.0 Å². The number of hydrogen-bond acceptors (Lipinski definition) is 2. The van der Waals surface area contributed by atoms with Gasteiger partial charge in [0, 0.05) is 11.1 Å². The van der Waals surface area contributed by atoms with Gasteiger partial charge >= 0.3 is 0 Å². The molecule has 1 N–H and O–H groups in total. The molecule has 0 aliphatic heterocycles. The van der Waals surface area contributed by atoms with E-state index in [1.54, 1.807) is 19.2 Å². The van der Waals surface area contributed by atoms with Crippen LogP contribution < -0.4 is 10.1 Å². The monoisotopic (exact) mass is 277 g/mol. The second-order valence-corrected chi connectivity index (χ2v) is 4.37. The van der Waals surface area contributed by atoms with Crippen LogP contribution in [0.15, 0.2) is 42.5 Å². The number of nitrogens with one attached hydrogen (secondary N) is 1. The molecule has 2 rings (SSSR count). The summed E-state index contributed by atoms with van der Waals surface area (Å²) >= 11 is 0. The minimum Gasteiger partial charge on any atom is -0.496 e. The molecular formula is C16H17F2NO. The largest absolute Gasteiger partial charge is 0.496 e. The molecule has 0 radical (unpaired) electrons. The molecule has 0 heterocycles. The van der Waals surface area contributed by atoms with Gasteiger partial charge in [0.25, 0.3) is 0 Å². The summed E-state index contributed by atoms with van der Waals surface area (Å²) in [7, 11) is 1.54. The number of ether oxygens (including phenoxy) is 1. The highest BCUT2D eigenvalue weighted by Crippen LogP contribution is 2.32. The summed E-state index contributed by atoms with van der Waals surface area (Å²) < 4.78 is 33.3. The van der Waals surface area contributed by atoms with Gasteiger partial charge < -0.3 is 10.1 Å². The summed E-state index contributed by atoms with van der Waals surface area (Å²) in [5.41, 5.74) is 0.722. The second kappa shape index (κ2) is 6.48. The van der Waals surface area contributed by atoms with Gasteiger partial charge in [-0.2, -0.15) is 0 Å². The van der Waals surface area contributed by atoms with E-state index in [2.05, 4.69) is 5.32 Å². The normalized spacial score (nSPS) is 12.2. The molecule has 0 spiro atoms. The lowest BCUT2D eigenvalue weighted by Crippen LogP contribution is -2.24. The standard InChI is InChI=1S/C16H17F2NO/c1-3-19-16(11-7-4-5-10-14(11)20-2)15-12(17)8-6-9-13(15)18/h4-10,16,19H,3H2,1-2H3. The van der Waals surface area contributed by atoms with Crippen molar-refractivity contribution in [1.29, 1.82) is 0 Å². The molecule has 20 heavy (non-hydrogen) atoms. The summed E-state index contributed by atoms with van der Waals surface area (Å²) in [4.78, 5) is 0. The van der Waals surface area contributed by atoms with E-state index < -0.39 is 17.7 Å². The first-order valence-electron chi connectivity index (χ1n) is 6.49. The van der Waals surface area contributed by atoms with Crippen LogP contribution in [0, 0.1) is 11.6 Å². The van der Waals surface area contributed by atoms with Crippen LogP contribution in [0.2, 0.25) is 0 Å². The number of halogens is 2. The summed E-state index contributed by atoms with van der Waals surface area (Å²) in [5.74, 6) is -0.537. The van der Waals surface area contributed by atoms with Crippen molar-refractivity contribution < 1.29 is 13.5 Å². The molecule has 0 aliphatic carbocycles. The fraction of sp³-hybridized carbons (Fsp3) is 0.250. The zero-order chi connectivity index (χ0) is 14.5. The van der Waals surface area contributed by atoms with Crippen LogP contribution >= 0.6 is 0 Å². The number of para-hydroxylation sites is 1. The Balaban J connectivity index is 2.56. The molecule has 0 saturated carbocycles. The van der Waals surface area contributed by atoms with Gasteiger partial charge in [0.2, 0.25) is 0 Å². The van der Waals surface area contributed by atoms with E-state index in [-0.39, 0.29) is 5.56 Å². The minimum atomic E-state index is -0.586. The molecule has 4 heteroatoms. The Labute approximate surface area is 117 Å². The first-order chi connectivity index (χ1) is 9.69. The van der Waals surface area contributed by atoms with E-state index in [0.717, 1.165) is 0 Å². The van der Waals surface area contributed by atoms with Crippen molar-refractivity contribution in [3.05, 3.63) is 65.2 Å². The lowest BCUT2D eigenvalue weighted by Gasteiger charge is -2.22. The van der Waals surface area contributed by atoms with E-state index in [1.807, 2.05) is 19.1 Å². The maximum atomic E-state index is 14.0. The maximum absolute atomic E-state index is 14.0. The Morgan fingerprint density at radius 2 is 1.70 bits per heavy atom. The summed E-state index contributed by atoms with van der Waals surface area (Å²) in [6.45, 7) is 2.47. The molecule has 0 amide bonds. The van der Waals surface area contributed by atoms with E-state index >= 15 is 0 Å². The predicted molar refractivity (Wildman–Crippen MR) is 74.9 cm³/mol. The van der Waals surface area contributed by atoms with Gasteiger partial charge in [-0.15, -0.1) is 0 Å². The van der Waals surface area contributed by atoms with E-state index in [4.69, 9.17) is 4.74 Å². The van der Waals surface area contributed by atoms with Crippen LogP contribution in [-0.4, -0.2) is 13.7 Å². The molecule has 0 aromatic heterocycles. The van der Waals surface area contributed by atoms with Gasteiger partial charge in [-0.1, -0.05) is 31.2 Å². The molecule has 0 aliphatic rings. The highest BCUT2D eigenvalue weighted by molar-refractivity contribution is 5.42. The molecule has 0 fully saturated rings. The second-order valence-electron chi connectivity index (χ2n) is 4.37. The molecule has 0 saturated heterocycles. The first kappa shape index (κ1) is 14.5. The summed E-state index contributed by atoms with van der Waals surface area (Å²) in [6.07, 6.45) is 0. The topological polar surface area (TPSA) is 21.3 Å².